The van der Waals surface area contributed by atoms with Gasteiger partial charge in [-0.1, -0.05) is 44.2 Å². The van der Waals surface area contributed by atoms with Gasteiger partial charge < -0.3 is 9.84 Å². The highest BCUT2D eigenvalue weighted by molar-refractivity contribution is 5.13. The van der Waals surface area contributed by atoms with Gasteiger partial charge >= 0.3 is 0 Å². The van der Waals surface area contributed by atoms with Crippen LogP contribution in [0.4, 0.5) is 0 Å². The average molecular weight is 289 g/mol. The molecule has 1 aromatic carbocycles. The SMILES string of the molecule is CCc1nc(CC)n(CC(O)COCc2ccccc2)n1. The van der Waals surface area contributed by atoms with Crippen molar-refractivity contribution < 1.29 is 9.84 Å². The molecule has 0 amide bonds. The molecule has 1 N–H and O–H groups in total. The fourth-order valence-corrected chi connectivity index (χ4v) is 2.12. The lowest BCUT2D eigenvalue weighted by atomic mass is 10.2. The van der Waals surface area contributed by atoms with E-state index in [9.17, 15) is 5.11 Å². The molecule has 21 heavy (non-hydrogen) atoms. The maximum absolute atomic E-state index is 10.1. The minimum Gasteiger partial charge on any atom is -0.389 e. The predicted octanol–water partition coefficient (Wildman–Crippen LogP) is 1.98. The van der Waals surface area contributed by atoms with Crippen LogP contribution in [-0.2, 0) is 30.7 Å². The van der Waals surface area contributed by atoms with Crippen LogP contribution in [0.3, 0.4) is 0 Å². The van der Waals surface area contributed by atoms with E-state index >= 15 is 0 Å². The molecule has 114 valence electrons. The van der Waals surface area contributed by atoms with Gasteiger partial charge in [-0.05, 0) is 5.56 Å². The summed E-state index contributed by atoms with van der Waals surface area (Å²) in [6, 6.07) is 9.94. The highest BCUT2D eigenvalue weighted by Gasteiger charge is 2.12. The van der Waals surface area contributed by atoms with Gasteiger partial charge in [-0.15, -0.1) is 0 Å². The largest absolute Gasteiger partial charge is 0.389 e. The van der Waals surface area contributed by atoms with Crippen LogP contribution in [-0.4, -0.2) is 32.6 Å². The quantitative estimate of drug-likeness (QED) is 0.807. The van der Waals surface area contributed by atoms with Crippen molar-refractivity contribution in [1.82, 2.24) is 14.8 Å². The zero-order chi connectivity index (χ0) is 15.1. The molecular weight excluding hydrogens is 266 g/mol. The van der Waals surface area contributed by atoms with Gasteiger partial charge in [-0.2, -0.15) is 5.10 Å². The molecule has 1 atom stereocenters. The predicted molar refractivity (Wildman–Crippen MR) is 80.9 cm³/mol. The molecule has 0 fully saturated rings. The summed E-state index contributed by atoms with van der Waals surface area (Å²) in [5.74, 6) is 1.73. The van der Waals surface area contributed by atoms with E-state index in [2.05, 4.69) is 10.1 Å². The van der Waals surface area contributed by atoms with Gasteiger partial charge in [0.25, 0.3) is 0 Å². The Bertz CT molecular complexity index is 540. The molecule has 0 bridgehead atoms. The smallest absolute Gasteiger partial charge is 0.150 e. The molecule has 2 rings (SSSR count). The number of nitrogens with zero attached hydrogens (tertiary/aromatic N) is 3. The van der Waals surface area contributed by atoms with Crippen molar-refractivity contribution in [3.63, 3.8) is 0 Å². The monoisotopic (exact) mass is 289 g/mol. The number of hydrogen-bond acceptors (Lipinski definition) is 4. The zero-order valence-corrected chi connectivity index (χ0v) is 12.7. The van der Waals surface area contributed by atoms with Crippen LogP contribution in [0.2, 0.25) is 0 Å². The Morgan fingerprint density at radius 1 is 1.19 bits per heavy atom. The molecule has 1 heterocycles. The zero-order valence-electron chi connectivity index (χ0n) is 12.7. The Labute approximate surface area is 125 Å². The van der Waals surface area contributed by atoms with Gasteiger partial charge in [0.1, 0.15) is 5.82 Å². The number of hydrogen-bond donors (Lipinski definition) is 1. The van der Waals surface area contributed by atoms with Crippen molar-refractivity contribution in [3.8, 4) is 0 Å². The number of benzene rings is 1. The normalized spacial score (nSPS) is 12.5. The lowest BCUT2D eigenvalue weighted by molar-refractivity contribution is 0.0182. The van der Waals surface area contributed by atoms with Crippen LogP contribution < -0.4 is 0 Å². The number of aliphatic hydroxyl groups is 1. The fourth-order valence-electron chi connectivity index (χ4n) is 2.12. The van der Waals surface area contributed by atoms with E-state index in [1.165, 1.54) is 0 Å². The molecule has 2 aromatic rings. The van der Waals surface area contributed by atoms with Crippen molar-refractivity contribution in [2.45, 2.75) is 45.9 Å². The van der Waals surface area contributed by atoms with E-state index < -0.39 is 6.10 Å². The summed E-state index contributed by atoms with van der Waals surface area (Å²) in [5.41, 5.74) is 1.10. The first-order chi connectivity index (χ1) is 10.2. The minimum atomic E-state index is -0.578. The van der Waals surface area contributed by atoms with Crippen molar-refractivity contribution in [1.29, 1.82) is 0 Å². The molecule has 5 nitrogen and oxygen atoms in total. The van der Waals surface area contributed by atoms with E-state index in [-0.39, 0.29) is 0 Å². The Morgan fingerprint density at radius 2 is 1.95 bits per heavy atom. The third-order valence-electron chi connectivity index (χ3n) is 3.23. The fraction of sp³-hybridized carbons (Fsp3) is 0.500. The molecule has 0 saturated carbocycles. The van der Waals surface area contributed by atoms with Crippen LogP contribution in [0.25, 0.3) is 0 Å². The van der Waals surface area contributed by atoms with E-state index in [4.69, 9.17) is 4.74 Å². The van der Waals surface area contributed by atoms with Crippen LogP contribution in [0.1, 0.15) is 31.1 Å². The number of rotatable bonds is 8. The number of aliphatic hydroxyl groups excluding tert-OH is 1. The number of ether oxygens (including phenoxy) is 1. The second-order valence-corrected chi connectivity index (χ2v) is 4.99. The molecule has 0 aliphatic heterocycles. The van der Waals surface area contributed by atoms with Crippen LogP contribution >= 0.6 is 0 Å². The summed E-state index contributed by atoms with van der Waals surface area (Å²) >= 11 is 0. The Kier molecular flexibility index (Phi) is 5.90. The Hall–Kier alpha value is -1.72. The average Bonchev–Trinajstić information content (AvgIpc) is 2.90. The summed E-state index contributed by atoms with van der Waals surface area (Å²) in [6.45, 7) is 5.29. The van der Waals surface area contributed by atoms with E-state index in [0.29, 0.717) is 19.8 Å². The first-order valence-electron chi connectivity index (χ1n) is 7.45. The van der Waals surface area contributed by atoms with Crippen molar-refractivity contribution in [2.24, 2.45) is 0 Å². The lowest BCUT2D eigenvalue weighted by Gasteiger charge is -2.12. The van der Waals surface area contributed by atoms with Gasteiger partial charge in [0.15, 0.2) is 5.82 Å². The van der Waals surface area contributed by atoms with Gasteiger partial charge in [0, 0.05) is 12.8 Å². The van der Waals surface area contributed by atoms with Crippen LogP contribution in [0.5, 0.6) is 0 Å². The first kappa shape index (κ1) is 15.7. The third-order valence-corrected chi connectivity index (χ3v) is 3.23. The number of aryl methyl sites for hydroxylation is 2. The molecule has 0 saturated heterocycles. The second-order valence-electron chi connectivity index (χ2n) is 4.99. The molecule has 1 unspecified atom stereocenters. The van der Waals surface area contributed by atoms with E-state index in [0.717, 1.165) is 30.1 Å². The molecule has 0 aliphatic rings. The molecule has 0 spiro atoms. The lowest BCUT2D eigenvalue weighted by Crippen LogP contribution is -2.23. The van der Waals surface area contributed by atoms with Crippen LogP contribution in [0.15, 0.2) is 30.3 Å². The summed E-state index contributed by atoms with van der Waals surface area (Å²) < 4.78 is 7.34. The van der Waals surface area contributed by atoms with Gasteiger partial charge in [-0.25, -0.2) is 9.67 Å². The Morgan fingerprint density at radius 3 is 2.62 bits per heavy atom. The second kappa shape index (κ2) is 7.90. The number of aromatic nitrogens is 3. The van der Waals surface area contributed by atoms with Crippen molar-refractivity contribution >= 4 is 0 Å². The highest BCUT2D eigenvalue weighted by Crippen LogP contribution is 2.05. The highest BCUT2D eigenvalue weighted by atomic mass is 16.5. The van der Waals surface area contributed by atoms with Gasteiger partial charge in [0.2, 0.25) is 0 Å². The topological polar surface area (TPSA) is 60.2 Å². The van der Waals surface area contributed by atoms with Crippen LogP contribution in [0, 0.1) is 0 Å². The maximum atomic E-state index is 10.1. The minimum absolute atomic E-state index is 0.291. The van der Waals surface area contributed by atoms with Gasteiger partial charge in [-0.3, -0.25) is 0 Å². The van der Waals surface area contributed by atoms with Crippen molar-refractivity contribution in [2.75, 3.05) is 6.61 Å². The molecule has 0 radical (unpaired) electrons. The van der Waals surface area contributed by atoms with E-state index in [1.807, 2.05) is 44.2 Å². The maximum Gasteiger partial charge on any atom is 0.150 e. The summed E-state index contributed by atoms with van der Waals surface area (Å²) in [5, 5.41) is 14.5. The first-order valence-corrected chi connectivity index (χ1v) is 7.45. The van der Waals surface area contributed by atoms with Gasteiger partial charge in [0.05, 0.1) is 25.9 Å². The summed E-state index contributed by atoms with van der Waals surface area (Å²) in [4.78, 5) is 4.43. The Balaban J connectivity index is 1.81. The molecule has 0 aliphatic carbocycles. The standard InChI is InChI=1S/C16H23N3O2/c1-3-15-17-16(4-2)19(18-15)10-14(20)12-21-11-13-8-6-5-7-9-13/h5-9,14,20H,3-4,10-12H2,1-2H3. The third kappa shape index (κ3) is 4.65. The van der Waals surface area contributed by atoms with Crippen molar-refractivity contribution in [3.05, 3.63) is 47.5 Å². The van der Waals surface area contributed by atoms with E-state index in [1.54, 1.807) is 4.68 Å². The molecule has 5 heteroatoms. The molecular formula is C16H23N3O2. The summed E-state index contributed by atoms with van der Waals surface area (Å²) in [7, 11) is 0. The molecule has 1 aromatic heterocycles. The summed E-state index contributed by atoms with van der Waals surface area (Å²) in [6.07, 6.45) is 1.04.